The fourth-order valence-electron chi connectivity index (χ4n) is 7.85. The predicted molar refractivity (Wildman–Crippen MR) is 241 cm³/mol. The first-order valence-electron chi connectivity index (χ1n) is 17.7. The highest BCUT2D eigenvalue weighted by Crippen LogP contribution is 2.42. The third-order valence-electron chi connectivity index (χ3n) is 10.6. The number of rotatable bonds is 5. The van der Waals surface area contributed by atoms with Crippen LogP contribution < -0.4 is 43.7 Å². The summed E-state index contributed by atoms with van der Waals surface area (Å²) in [4.78, 5) is 5.01. The van der Waals surface area contributed by atoms with E-state index in [-0.39, 0.29) is 43.7 Å². The Kier molecular flexibility index (Phi) is 8.61. The van der Waals surface area contributed by atoms with Gasteiger partial charge in [0.2, 0.25) is 0 Å². The summed E-state index contributed by atoms with van der Waals surface area (Å²) in [5.41, 5.74) is 10.3. The molecule has 0 saturated heterocycles. The standard InChI is InChI=1S/C45H22B8N2/c46-37-33-31(24-18-20-28(21-19-24)55-30-17-8-7-16-29(30)54-45(55)25-12-5-2-6-13-25)34-36(40(49)44(53)42(51)38(34)47)32(35(33)39(48)43(52)41(37)50)27-15-9-14-26(22-27)23-10-3-1-4-11-23/h1-22H. The van der Waals surface area contributed by atoms with E-state index >= 15 is 0 Å². The van der Waals surface area contributed by atoms with E-state index in [2.05, 4.69) is 16.7 Å². The van der Waals surface area contributed by atoms with Crippen LogP contribution in [0.15, 0.2) is 133 Å². The quantitative estimate of drug-likeness (QED) is 0.202. The SMILES string of the molecule is [B]c1c([B])c([B])c2c(-c3cccc(-c4ccccc4)c3)c3c([B])c([B])c([B])c([B])c3c(-c3ccc(-n4c(-c5ccccc5)nc5ccccc54)cc3)c2c1[B]. The molecule has 0 aliphatic rings. The van der Waals surface area contributed by atoms with Crippen molar-refractivity contribution < 1.29 is 0 Å². The topological polar surface area (TPSA) is 17.8 Å². The summed E-state index contributed by atoms with van der Waals surface area (Å²) in [5, 5.41) is 2.28. The maximum absolute atomic E-state index is 6.99. The zero-order valence-corrected chi connectivity index (χ0v) is 29.7. The van der Waals surface area contributed by atoms with E-state index in [1.165, 1.54) is 0 Å². The Morgan fingerprint density at radius 3 is 1.33 bits per heavy atom. The molecule has 55 heavy (non-hydrogen) atoms. The van der Waals surface area contributed by atoms with E-state index in [1.54, 1.807) is 0 Å². The molecule has 2 nitrogen and oxygen atoms in total. The molecule has 1 heterocycles. The molecular weight excluding hydrogens is 655 g/mol. The van der Waals surface area contributed by atoms with Crippen LogP contribution >= 0.6 is 0 Å². The van der Waals surface area contributed by atoms with Gasteiger partial charge in [0.05, 0.1) is 11.0 Å². The van der Waals surface area contributed by atoms with Crippen molar-refractivity contribution >= 4 is 139 Å². The second kappa shape index (κ2) is 13.5. The van der Waals surface area contributed by atoms with Crippen LogP contribution in [-0.2, 0) is 0 Å². The van der Waals surface area contributed by atoms with Crippen molar-refractivity contribution in [3.05, 3.63) is 133 Å². The van der Waals surface area contributed by atoms with Gasteiger partial charge in [-0.25, -0.2) is 4.98 Å². The van der Waals surface area contributed by atoms with Gasteiger partial charge in [0.15, 0.2) is 0 Å². The number of benzene rings is 8. The third-order valence-corrected chi connectivity index (χ3v) is 10.6. The van der Waals surface area contributed by atoms with Gasteiger partial charge < -0.3 is 0 Å². The van der Waals surface area contributed by atoms with Crippen molar-refractivity contribution in [1.29, 1.82) is 0 Å². The summed E-state index contributed by atoms with van der Waals surface area (Å²) < 4.78 is 2.14. The summed E-state index contributed by atoms with van der Waals surface area (Å²) in [5.74, 6) is 0.813. The first-order chi connectivity index (χ1) is 26.7. The Bertz CT molecular complexity index is 2920. The summed E-state index contributed by atoms with van der Waals surface area (Å²) in [7, 11) is 54.4. The van der Waals surface area contributed by atoms with Gasteiger partial charge in [-0.15, -0.1) is 21.9 Å². The van der Waals surface area contributed by atoms with Gasteiger partial charge in [0, 0.05) is 11.3 Å². The van der Waals surface area contributed by atoms with Gasteiger partial charge in [0.25, 0.3) is 0 Å². The Labute approximate surface area is 331 Å². The van der Waals surface area contributed by atoms with E-state index in [0.717, 1.165) is 50.4 Å². The third kappa shape index (κ3) is 5.48. The second-order valence-electron chi connectivity index (χ2n) is 13.7. The van der Waals surface area contributed by atoms with E-state index in [1.807, 2.05) is 121 Å². The van der Waals surface area contributed by atoms with Crippen LogP contribution in [0.25, 0.3) is 83.0 Å². The van der Waals surface area contributed by atoms with Crippen molar-refractivity contribution in [2.75, 3.05) is 0 Å². The monoisotopic (exact) mass is 678 g/mol. The fraction of sp³-hybridized carbons (Fsp3) is 0. The second-order valence-corrected chi connectivity index (χ2v) is 13.7. The highest BCUT2D eigenvalue weighted by molar-refractivity contribution is 6.71. The predicted octanol–water partition coefficient (Wildman–Crippen LogP) is 2.35. The van der Waals surface area contributed by atoms with Gasteiger partial charge in [-0.2, -0.15) is 0 Å². The maximum Gasteiger partial charge on any atom is 0.145 e. The largest absolute Gasteiger partial charge is 0.292 e. The lowest BCUT2D eigenvalue weighted by molar-refractivity contribution is 1.10. The minimum Gasteiger partial charge on any atom is -0.292 e. The lowest BCUT2D eigenvalue weighted by Crippen LogP contribution is -2.50. The molecule has 0 unspecified atom stereocenters. The number of hydrogen-bond donors (Lipinski definition) is 0. The summed E-state index contributed by atoms with van der Waals surface area (Å²) in [6.45, 7) is 0. The summed E-state index contributed by atoms with van der Waals surface area (Å²) in [6.07, 6.45) is 0. The molecule has 0 atom stereocenters. The van der Waals surface area contributed by atoms with Gasteiger partial charge in [-0.05, 0) is 85.3 Å². The molecule has 0 N–H and O–H groups in total. The summed E-state index contributed by atoms with van der Waals surface area (Å²) in [6, 6.07) is 44.4. The zero-order valence-electron chi connectivity index (χ0n) is 29.7. The molecule has 0 aliphatic carbocycles. The Morgan fingerprint density at radius 2 is 0.782 bits per heavy atom. The average Bonchev–Trinajstić information content (AvgIpc) is 3.63. The van der Waals surface area contributed by atoms with Gasteiger partial charge in [-0.1, -0.05) is 125 Å². The molecular formula is C45H22B8N2. The lowest BCUT2D eigenvalue weighted by Gasteiger charge is -2.28. The maximum atomic E-state index is 6.99. The molecule has 0 saturated carbocycles. The number of nitrogens with zero attached hydrogens (tertiary/aromatic N) is 2. The van der Waals surface area contributed by atoms with E-state index in [9.17, 15) is 0 Å². The number of fused-ring (bicyclic) bond motifs is 3. The van der Waals surface area contributed by atoms with Gasteiger partial charge in [-0.3, -0.25) is 4.57 Å². The van der Waals surface area contributed by atoms with E-state index in [4.69, 9.17) is 67.8 Å². The number of aromatic nitrogens is 2. The molecule has 8 aromatic carbocycles. The normalized spacial score (nSPS) is 11.5. The Morgan fingerprint density at radius 1 is 0.345 bits per heavy atom. The molecule has 10 heteroatoms. The minimum atomic E-state index is 0.165. The molecule has 0 aliphatic heterocycles. The molecule has 0 bridgehead atoms. The first-order valence-corrected chi connectivity index (χ1v) is 17.7. The van der Waals surface area contributed by atoms with Crippen LogP contribution in [0.2, 0.25) is 0 Å². The Hall–Kier alpha value is -5.73. The van der Waals surface area contributed by atoms with Crippen molar-refractivity contribution in [2.45, 2.75) is 0 Å². The van der Waals surface area contributed by atoms with Crippen LogP contribution in [0.1, 0.15) is 0 Å². The van der Waals surface area contributed by atoms with E-state index in [0.29, 0.717) is 32.7 Å². The Balaban J connectivity index is 1.38. The molecule has 16 radical (unpaired) electrons. The highest BCUT2D eigenvalue weighted by Gasteiger charge is 2.25. The molecule has 9 rings (SSSR count). The molecule has 0 amide bonds. The molecule has 236 valence electrons. The van der Waals surface area contributed by atoms with Gasteiger partial charge >= 0.3 is 0 Å². The van der Waals surface area contributed by atoms with Crippen molar-refractivity contribution in [3.63, 3.8) is 0 Å². The lowest BCUT2D eigenvalue weighted by atomic mass is 9.59. The first kappa shape index (κ1) is 35.0. The number of imidazole rings is 1. The molecule has 1 aromatic heterocycles. The van der Waals surface area contributed by atoms with Crippen LogP contribution in [-0.4, -0.2) is 72.3 Å². The minimum absolute atomic E-state index is 0.165. The van der Waals surface area contributed by atoms with Crippen molar-refractivity contribution in [1.82, 2.24) is 9.55 Å². The summed E-state index contributed by atoms with van der Waals surface area (Å²) >= 11 is 0. The van der Waals surface area contributed by atoms with Crippen LogP contribution in [0.3, 0.4) is 0 Å². The van der Waals surface area contributed by atoms with Crippen LogP contribution in [0, 0.1) is 0 Å². The average molecular weight is 677 g/mol. The van der Waals surface area contributed by atoms with Gasteiger partial charge in [0.1, 0.15) is 68.6 Å². The van der Waals surface area contributed by atoms with Crippen molar-refractivity contribution in [2.24, 2.45) is 0 Å². The highest BCUT2D eigenvalue weighted by atomic mass is 15.1. The van der Waals surface area contributed by atoms with Crippen LogP contribution in [0.5, 0.6) is 0 Å². The van der Waals surface area contributed by atoms with Crippen LogP contribution in [0.4, 0.5) is 0 Å². The fourth-order valence-corrected chi connectivity index (χ4v) is 7.85. The molecule has 0 fully saturated rings. The molecule has 9 aromatic rings. The molecule has 0 spiro atoms. The zero-order chi connectivity index (χ0) is 38.1. The number of para-hydroxylation sites is 2. The van der Waals surface area contributed by atoms with E-state index < -0.39 is 0 Å². The number of hydrogen-bond acceptors (Lipinski definition) is 1. The van der Waals surface area contributed by atoms with Crippen molar-refractivity contribution in [3.8, 4) is 50.5 Å². The smallest absolute Gasteiger partial charge is 0.145 e.